The Bertz CT molecular complexity index is 205. The van der Waals surface area contributed by atoms with E-state index in [1.165, 1.54) is 45.2 Å². The zero-order valence-corrected chi connectivity index (χ0v) is 10.6. The van der Waals surface area contributed by atoms with Crippen LogP contribution in [0.3, 0.4) is 0 Å². The van der Waals surface area contributed by atoms with Crippen molar-refractivity contribution in [1.82, 2.24) is 10.2 Å². The van der Waals surface area contributed by atoms with Crippen LogP contribution in [0.4, 0.5) is 0 Å². The zero-order valence-electron chi connectivity index (χ0n) is 10.6. The Hall–Kier alpha value is -0.0800. The van der Waals surface area contributed by atoms with Gasteiger partial charge in [0.25, 0.3) is 0 Å². The molecule has 0 amide bonds. The summed E-state index contributed by atoms with van der Waals surface area (Å²) >= 11 is 0. The highest BCUT2D eigenvalue weighted by atomic mass is 15.1. The van der Waals surface area contributed by atoms with E-state index < -0.39 is 0 Å². The van der Waals surface area contributed by atoms with E-state index in [4.69, 9.17) is 0 Å². The molecule has 2 aliphatic carbocycles. The van der Waals surface area contributed by atoms with Crippen LogP contribution in [0.15, 0.2) is 0 Å². The molecule has 0 saturated heterocycles. The van der Waals surface area contributed by atoms with Gasteiger partial charge in [-0.15, -0.1) is 0 Å². The maximum absolute atomic E-state index is 3.65. The lowest BCUT2D eigenvalue weighted by atomic mass is 9.87. The van der Waals surface area contributed by atoms with Crippen LogP contribution >= 0.6 is 0 Å². The lowest BCUT2D eigenvalue weighted by molar-refractivity contribution is 0.108. The lowest BCUT2D eigenvalue weighted by Crippen LogP contribution is -2.45. The summed E-state index contributed by atoms with van der Waals surface area (Å²) in [5, 5.41) is 3.65. The molecule has 15 heavy (non-hydrogen) atoms. The van der Waals surface area contributed by atoms with Gasteiger partial charge in [0.1, 0.15) is 0 Å². The largest absolute Gasteiger partial charge is 0.313 e. The first-order chi connectivity index (χ1) is 7.07. The molecule has 0 spiro atoms. The van der Waals surface area contributed by atoms with Gasteiger partial charge < -0.3 is 10.2 Å². The summed E-state index contributed by atoms with van der Waals surface area (Å²) in [7, 11) is 2.29. The van der Waals surface area contributed by atoms with Crippen molar-refractivity contribution in [2.75, 3.05) is 20.1 Å². The fraction of sp³-hybridized carbons (Fsp3) is 1.00. The maximum Gasteiger partial charge on any atom is 0.00924 e. The van der Waals surface area contributed by atoms with Gasteiger partial charge in [0.05, 0.1) is 0 Å². The normalized spacial score (nSPS) is 23.2. The second-order valence-electron chi connectivity index (χ2n) is 6.32. The smallest absolute Gasteiger partial charge is 0.00924 e. The Morgan fingerprint density at radius 2 is 1.87 bits per heavy atom. The maximum atomic E-state index is 3.65. The molecule has 0 aromatic rings. The molecule has 0 aliphatic heterocycles. The molecule has 88 valence electrons. The second-order valence-corrected chi connectivity index (χ2v) is 6.32. The Labute approximate surface area is 94.4 Å². The fourth-order valence-electron chi connectivity index (χ4n) is 2.40. The molecule has 2 heteroatoms. The zero-order chi connectivity index (χ0) is 10.9. The van der Waals surface area contributed by atoms with Crippen molar-refractivity contribution >= 4 is 0 Å². The van der Waals surface area contributed by atoms with Gasteiger partial charge in [-0.2, -0.15) is 0 Å². The van der Waals surface area contributed by atoms with Crippen LogP contribution in [0.5, 0.6) is 0 Å². The summed E-state index contributed by atoms with van der Waals surface area (Å²) in [5.74, 6) is 0. The van der Waals surface area contributed by atoms with Crippen LogP contribution in [0.2, 0.25) is 0 Å². The molecule has 2 saturated carbocycles. The van der Waals surface area contributed by atoms with Crippen molar-refractivity contribution in [1.29, 1.82) is 0 Å². The fourth-order valence-corrected chi connectivity index (χ4v) is 2.40. The minimum absolute atomic E-state index is 0.424. The third kappa shape index (κ3) is 3.46. The van der Waals surface area contributed by atoms with Crippen LogP contribution in [0.25, 0.3) is 0 Å². The summed E-state index contributed by atoms with van der Waals surface area (Å²) < 4.78 is 0. The third-order valence-electron chi connectivity index (χ3n) is 3.82. The van der Waals surface area contributed by atoms with E-state index in [1.54, 1.807) is 0 Å². The van der Waals surface area contributed by atoms with Gasteiger partial charge in [-0.1, -0.05) is 20.3 Å². The predicted octanol–water partition coefficient (Wildman–Crippen LogP) is 2.25. The Morgan fingerprint density at radius 3 is 2.33 bits per heavy atom. The highest BCUT2D eigenvalue weighted by Crippen LogP contribution is 2.27. The van der Waals surface area contributed by atoms with E-state index in [9.17, 15) is 0 Å². The van der Waals surface area contributed by atoms with Crippen molar-refractivity contribution in [3.63, 3.8) is 0 Å². The van der Waals surface area contributed by atoms with E-state index in [0.717, 1.165) is 12.1 Å². The number of hydrogen-bond donors (Lipinski definition) is 1. The molecular formula is C13H26N2. The molecule has 0 heterocycles. The number of rotatable bonds is 6. The molecule has 2 rings (SSSR count). The van der Waals surface area contributed by atoms with Crippen LogP contribution in [-0.4, -0.2) is 37.1 Å². The molecule has 2 nitrogen and oxygen atoms in total. The van der Waals surface area contributed by atoms with Crippen molar-refractivity contribution in [3.05, 3.63) is 0 Å². The highest BCUT2D eigenvalue weighted by Gasteiger charge is 2.29. The van der Waals surface area contributed by atoms with Gasteiger partial charge >= 0.3 is 0 Å². The van der Waals surface area contributed by atoms with Gasteiger partial charge in [0.2, 0.25) is 0 Å². The summed E-state index contributed by atoms with van der Waals surface area (Å²) in [5.41, 5.74) is 0.424. The minimum atomic E-state index is 0.424. The summed E-state index contributed by atoms with van der Waals surface area (Å²) in [6.07, 6.45) is 7.07. The minimum Gasteiger partial charge on any atom is -0.313 e. The van der Waals surface area contributed by atoms with Crippen LogP contribution in [0.1, 0.15) is 46.0 Å². The second kappa shape index (κ2) is 4.42. The first kappa shape index (κ1) is 11.4. The topological polar surface area (TPSA) is 15.3 Å². The Kier molecular flexibility index (Phi) is 3.36. The SMILES string of the molecule is CN(CC(C)(C)CNC1CC1)C1CCC1. The summed E-state index contributed by atoms with van der Waals surface area (Å²) in [6.45, 7) is 7.18. The molecule has 0 unspecified atom stereocenters. The average molecular weight is 210 g/mol. The molecule has 0 atom stereocenters. The Balaban J connectivity index is 1.69. The monoisotopic (exact) mass is 210 g/mol. The molecule has 2 fully saturated rings. The van der Waals surface area contributed by atoms with Gasteiger partial charge in [-0.3, -0.25) is 0 Å². The van der Waals surface area contributed by atoms with Crippen LogP contribution < -0.4 is 5.32 Å². The molecule has 0 aromatic heterocycles. The van der Waals surface area contributed by atoms with E-state index in [-0.39, 0.29) is 0 Å². The van der Waals surface area contributed by atoms with Crippen molar-refractivity contribution < 1.29 is 0 Å². The summed E-state index contributed by atoms with van der Waals surface area (Å²) in [6, 6.07) is 1.73. The molecule has 0 radical (unpaired) electrons. The lowest BCUT2D eigenvalue weighted by Gasteiger charge is -2.39. The van der Waals surface area contributed by atoms with Crippen LogP contribution in [-0.2, 0) is 0 Å². The summed E-state index contributed by atoms with van der Waals surface area (Å²) in [4.78, 5) is 2.57. The van der Waals surface area contributed by atoms with E-state index >= 15 is 0 Å². The van der Waals surface area contributed by atoms with E-state index in [0.29, 0.717) is 5.41 Å². The van der Waals surface area contributed by atoms with E-state index in [2.05, 4.69) is 31.1 Å². The van der Waals surface area contributed by atoms with E-state index in [1.807, 2.05) is 0 Å². The number of nitrogens with one attached hydrogen (secondary N) is 1. The average Bonchev–Trinajstić information content (AvgIpc) is 2.78. The van der Waals surface area contributed by atoms with Crippen molar-refractivity contribution in [3.8, 4) is 0 Å². The Morgan fingerprint density at radius 1 is 1.20 bits per heavy atom. The predicted molar refractivity (Wildman–Crippen MR) is 65.1 cm³/mol. The number of nitrogens with zero attached hydrogens (tertiary/aromatic N) is 1. The third-order valence-corrected chi connectivity index (χ3v) is 3.82. The van der Waals surface area contributed by atoms with Gasteiger partial charge in [0.15, 0.2) is 0 Å². The highest BCUT2D eigenvalue weighted by molar-refractivity contribution is 4.87. The van der Waals surface area contributed by atoms with Gasteiger partial charge in [-0.05, 0) is 38.1 Å². The quantitative estimate of drug-likeness (QED) is 0.723. The molecule has 0 aromatic carbocycles. The first-order valence-corrected chi connectivity index (χ1v) is 6.50. The number of hydrogen-bond acceptors (Lipinski definition) is 2. The standard InChI is InChI=1S/C13H26N2/c1-13(2,9-14-11-7-8-11)10-15(3)12-5-4-6-12/h11-12,14H,4-10H2,1-3H3. The molecular weight excluding hydrogens is 184 g/mol. The first-order valence-electron chi connectivity index (χ1n) is 6.50. The van der Waals surface area contributed by atoms with Gasteiger partial charge in [0, 0.05) is 25.2 Å². The molecule has 2 aliphatic rings. The molecule has 1 N–H and O–H groups in total. The molecule has 0 bridgehead atoms. The van der Waals surface area contributed by atoms with Crippen molar-refractivity contribution in [2.24, 2.45) is 5.41 Å². The van der Waals surface area contributed by atoms with Gasteiger partial charge in [-0.25, -0.2) is 0 Å². The van der Waals surface area contributed by atoms with Crippen LogP contribution in [0, 0.1) is 5.41 Å². The van der Waals surface area contributed by atoms with Crippen molar-refractivity contribution in [2.45, 2.75) is 58.0 Å².